The minimum absolute atomic E-state index is 0.0455. The summed E-state index contributed by atoms with van der Waals surface area (Å²) in [6, 6.07) is 6.62. The molecule has 0 saturated carbocycles. The smallest absolute Gasteiger partial charge is 0.0399 e. The summed E-state index contributed by atoms with van der Waals surface area (Å²) in [6.07, 6.45) is 2.26. The van der Waals surface area contributed by atoms with Crippen molar-refractivity contribution < 1.29 is 0 Å². The molecule has 1 aromatic carbocycles. The summed E-state index contributed by atoms with van der Waals surface area (Å²) in [4.78, 5) is 5.05. The molecular formula is C18H31N3. The average molecular weight is 289 g/mol. The fraction of sp³-hybridized carbons (Fsp3) is 0.667. The van der Waals surface area contributed by atoms with E-state index < -0.39 is 0 Å². The van der Waals surface area contributed by atoms with Crippen LogP contribution in [0.5, 0.6) is 0 Å². The maximum absolute atomic E-state index is 6.39. The molecule has 3 nitrogen and oxygen atoms in total. The predicted molar refractivity (Wildman–Crippen MR) is 92.1 cm³/mol. The largest absolute Gasteiger partial charge is 0.369 e. The number of piperazine rings is 1. The van der Waals surface area contributed by atoms with Crippen LogP contribution < -0.4 is 10.6 Å². The summed E-state index contributed by atoms with van der Waals surface area (Å²) in [5, 5.41) is 0. The van der Waals surface area contributed by atoms with Crippen LogP contribution in [0.4, 0.5) is 5.69 Å². The molecule has 1 unspecified atom stereocenters. The summed E-state index contributed by atoms with van der Waals surface area (Å²) in [5.74, 6) is 0. The van der Waals surface area contributed by atoms with Crippen molar-refractivity contribution in [2.75, 3.05) is 37.6 Å². The normalized spacial score (nSPS) is 19.6. The van der Waals surface area contributed by atoms with Crippen molar-refractivity contribution in [2.45, 2.75) is 46.1 Å². The summed E-state index contributed by atoms with van der Waals surface area (Å²) < 4.78 is 0. The first-order valence-corrected chi connectivity index (χ1v) is 8.25. The van der Waals surface area contributed by atoms with Gasteiger partial charge in [-0.25, -0.2) is 0 Å². The van der Waals surface area contributed by atoms with Crippen molar-refractivity contribution >= 4 is 5.69 Å². The molecule has 1 fully saturated rings. The van der Waals surface area contributed by atoms with Crippen molar-refractivity contribution in [1.29, 1.82) is 0 Å². The zero-order valence-electron chi connectivity index (χ0n) is 14.2. The molecule has 3 heteroatoms. The first-order valence-electron chi connectivity index (χ1n) is 8.25. The van der Waals surface area contributed by atoms with Gasteiger partial charge in [0.1, 0.15) is 0 Å². The van der Waals surface area contributed by atoms with Crippen molar-refractivity contribution in [2.24, 2.45) is 5.73 Å². The topological polar surface area (TPSA) is 32.5 Å². The molecule has 0 aliphatic carbocycles. The molecule has 1 aromatic rings. The summed E-state index contributed by atoms with van der Waals surface area (Å²) in [7, 11) is 0. The van der Waals surface area contributed by atoms with Gasteiger partial charge in [-0.1, -0.05) is 25.5 Å². The van der Waals surface area contributed by atoms with Crippen LogP contribution in [-0.2, 0) is 0 Å². The molecule has 0 bridgehead atoms. The van der Waals surface area contributed by atoms with Gasteiger partial charge >= 0.3 is 0 Å². The highest BCUT2D eigenvalue weighted by atomic mass is 15.3. The van der Waals surface area contributed by atoms with Crippen molar-refractivity contribution in [1.82, 2.24) is 4.90 Å². The van der Waals surface area contributed by atoms with Gasteiger partial charge in [-0.2, -0.15) is 0 Å². The number of hydrogen-bond acceptors (Lipinski definition) is 3. The van der Waals surface area contributed by atoms with E-state index >= 15 is 0 Å². The molecule has 2 N–H and O–H groups in total. The van der Waals surface area contributed by atoms with Gasteiger partial charge in [0.2, 0.25) is 0 Å². The maximum Gasteiger partial charge on any atom is 0.0399 e. The van der Waals surface area contributed by atoms with E-state index in [2.05, 4.69) is 55.7 Å². The molecule has 2 rings (SSSR count). The Kier molecular flexibility index (Phi) is 5.28. The van der Waals surface area contributed by atoms with Crippen LogP contribution in [0, 0.1) is 13.8 Å². The van der Waals surface area contributed by atoms with Crippen LogP contribution >= 0.6 is 0 Å². The van der Waals surface area contributed by atoms with E-state index in [9.17, 15) is 0 Å². The van der Waals surface area contributed by atoms with E-state index in [4.69, 9.17) is 5.73 Å². The fourth-order valence-electron chi connectivity index (χ4n) is 3.39. The molecule has 0 spiro atoms. The Hall–Kier alpha value is -1.06. The zero-order chi connectivity index (χ0) is 15.5. The molecular weight excluding hydrogens is 258 g/mol. The average Bonchev–Trinajstić information content (AvgIpc) is 2.42. The maximum atomic E-state index is 6.39. The SMILES string of the molecule is CCCC(C)(N)CN1CCN(c2cccc(C)c2C)CC1. The van der Waals surface area contributed by atoms with Gasteiger partial charge in [-0.15, -0.1) is 0 Å². The third-order valence-electron chi connectivity index (χ3n) is 4.69. The van der Waals surface area contributed by atoms with Crippen LogP contribution in [0.3, 0.4) is 0 Å². The molecule has 1 aliphatic heterocycles. The Balaban J connectivity index is 1.93. The molecule has 0 amide bonds. The number of nitrogens with zero attached hydrogens (tertiary/aromatic N) is 2. The predicted octanol–water partition coefficient (Wildman–Crippen LogP) is 2.94. The number of hydrogen-bond donors (Lipinski definition) is 1. The number of nitrogens with two attached hydrogens (primary N) is 1. The number of benzene rings is 1. The molecule has 1 atom stereocenters. The minimum Gasteiger partial charge on any atom is -0.369 e. The number of rotatable bonds is 5. The van der Waals surface area contributed by atoms with Gasteiger partial charge in [0.15, 0.2) is 0 Å². The highest BCUT2D eigenvalue weighted by molar-refractivity contribution is 5.56. The molecule has 21 heavy (non-hydrogen) atoms. The van der Waals surface area contributed by atoms with E-state index in [0.29, 0.717) is 0 Å². The highest BCUT2D eigenvalue weighted by Gasteiger charge is 2.25. The van der Waals surface area contributed by atoms with Crippen LogP contribution in [0.25, 0.3) is 0 Å². The number of aryl methyl sites for hydroxylation is 1. The molecule has 1 aliphatic rings. The Labute approximate surface area is 130 Å². The third-order valence-corrected chi connectivity index (χ3v) is 4.69. The first-order chi connectivity index (χ1) is 9.93. The van der Waals surface area contributed by atoms with Crippen molar-refractivity contribution in [3.63, 3.8) is 0 Å². The molecule has 0 aromatic heterocycles. The lowest BCUT2D eigenvalue weighted by molar-refractivity contribution is 0.199. The summed E-state index contributed by atoms with van der Waals surface area (Å²) in [6.45, 7) is 14.3. The second-order valence-corrected chi connectivity index (χ2v) is 6.89. The lowest BCUT2D eigenvalue weighted by Crippen LogP contribution is -2.54. The standard InChI is InChI=1S/C18H31N3/c1-5-9-18(4,19)14-20-10-12-21(13-11-20)17-8-6-7-15(2)16(17)3/h6-8H,5,9-14,19H2,1-4H3. The lowest BCUT2D eigenvalue weighted by Gasteiger charge is -2.40. The quantitative estimate of drug-likeness (QED) is 0.904. The van der Waals surface area contributed by atoms with Crippen LogP contribution in [-0.4, -0.2) is 43.2 Å². The van der Waals surface area contributed by atoms with Crippen molar-refractivity contribution in [3.8, 4) is 0 Å². The lowest BCUT2D eigenvalue weighted by atomic mass is 9.96. The van der Waals surface area contributed by atoms with Gasteiger partial charge in [0.05, 0.1) is 0 Å². The summed E-state index contributed by atoms with van der Waals surface area (Å²) >= 11 is 0. The van der Waals surface area contributed by atoms with E-state index in [0.717, 1.165) is 45.6 Å². The zero-order valence-corrected chi connectivity index (χ0v) is 14.2. The summed E-state index contributed by atoms with van der Waals surface area (Å²) in [5.41, 5.74) is 10.5. The van der Waals surface area contributed by atoms with Crippen LogP contribution in [0.15, 0.2) is 18.2 Å². The second-order valence-electron chi connectivity index (χ2n) is 6.89. The van der Waals surface area contributed by atoms with Gasteiger partial charge in [0, 0.05) is 44.0 Å². The van der Waals surface area contributed by atoms with Crippen molar-refractivity contribution in [3.05, 3.63) is 29.3 Å². The third kappa shape index (κ3) is 4.21. The van der Waals surface area contributed by atoms with Gasteiger partial charge in [0.25, 0.3) is 0 Å². The van der Waals surface area contributed by atoms with E-state index in [1.54, 1.807) is 0 Å². The fourth-order valence-corrected chi connectivity index (χ4v) is 3.39. The molecule has 1 saturated heterocycles. The molecule has 1 heterocycles. The van der Waals surface area contributed by atoms with E-state index in [1.165, 1.54) is 16.8 Å². The van der Waals surface area contributed by atoms with E-state index in [-0.39, 0.29) is 5.54 Å². The van der Waals surface area contributed by atoms with Gasteiger partial charge < -0.3 is 10.6 Å². The molecule has 0 radical (unpaired) electrons. The Morgan fingerprint density at radius 2 is 1.81 bits per heavy atom. The minimum atomic E-state index is -0.0455. The van der Waals surface area contributed by atoms with Crippen LogP contribution in [0.1, 0.15) is 37.8 Å². The monoisotopic (exact) mass is 289 g/mol. The van der Waals surface area contributed by atoms with E-state index in [1.807, 2.05) is 0 Å². The van der Waals surface area contributed by atoms with Gasteiger partial charge in [-0.05, 0) is 44.4 Å². The number of anilines is 1. The Morgan fingerprint density at radius 3 is 2.43 bits per heavy atom. The Bertz CT molecular complexity index is 460. The first kappa shape index (κ1) is 16.3. The second kappa shape index (κ2) is 6.80. The van der Waals surface area contributed by atoms with Crippen LogP contribution in [0.2, 0.25) is 0 Å². The Morgan fingerprint density at radius 1 is 1.14 bits per heavy atom. The molecule has 118 valence electrons. The van der Waals surface area contributed by atoms with Gasteiger partial charge in [-0.3, -0.25) is 4.90 Å². The highest BCUT2D eigenvalue weighted by Crippen LogP contribution is 2.24.